The molecule has 1 amide bonds. The van der Waals surface area contributed by atoms with Crippen LogP contribution in [-0.4, -0.2) is 52.0 Å². The fraction of sp³-hybridized carbons (Fsp3) is 0.438. The summed E-state index contributed by atoms with van der Waals surface area (Å²) < 4.78 is 1.66. The van der Waals surface area contributed by atoms with Crippen molar-refractivity contribution in [3.05, 3.63) is 41.7 Å². The number of likely N-dealkylation sites (tertiary alicyclic amines) is 1. The quantitative estimate of drug-likeness (QED) is 0.927. The van der Waals surface area contributed by atoms with Gasteiger partial charge in [0.15, 0.2) is 5.69 Å². The maximum Gasteiger partial charge on any atom is 0.276 e. The van der Waals surface area contributed by atoms with E-state index in [0.29, 0.717) is 5.69 Å². The first-order valence-electron chi connectivity index (χ1n) is 7.64. The second-order valence-electron chi connectivity index (χ2n) is 5.74. The largest absolute Gasteiger partial charge is 0.333 e. The van der Waals surface area contributed by atoms with E-state index in [2.05, 4.69) is 15.6 Å². The van der Waals surface area contributed by atoms with E-state index in [1.54, 1.807) is 10.9 Å². The third-order valence-corrected chi connectivity index (χ3v) is 4.06. The molecule has 116 valence electrons. The highest BCUT2D eigenvalue weighted by atomic mass is 16.2. The number of aryl methyl sites for hydroxylation is 1. The minimum Gasteiger partial charge on any atom is -0.333 e. The minimum atomic E-state index is -0.0309. The SMILES string of the molecule is CNC[C@H]1CCCN1C(=O)c1cn(-c2cccc(C)c2)nn1. The number of carbonyl (C=O) groups excluding carboxylic acids is 1. The van der Waals surface area contributed by atoms with Crippen molar-refractivity contribution in [3.63, 3.8) is 0 Å². The molecule has 1 aliphatic rings. The van der Waals surface area contributed by atoms with Crippen LogP contribution >= 0.6 is 0 Å². The average Bonchev–Trinajstić information content (AvgIpc) is 3.16. The van der Waals surface area contributed by atoms with Gasteiger partial charge in [-0.1, -0.05) is 17.3 Å². The molecule has 1 N–H and O–H groups in total. The lowest BCUT2D eigenvalue weighted by Crippen LogP contribution is -2.41. The van der Waals surface area contributed by atoms with Gasteiger partial charge in [0, 0.05) is 19.1 Å². The number of amides is 1. The highest BCUT2D eigenvalue weighted by Crippen LogP contribution is 2.19. The Morgan fingerprint density at radius 3 is 3.09 bits per heavy atom. The van der Waals surface area contributed by atoms with Crippen molar-refractivity contribution >= 4 is 5.91 Å². The monoisotopic (exact) mass is 299 g/mol. The Kier molecular flexibility index (Phi) is 4.20. The highest BCUT2D eigenvalue weighted by molar-refractivity contribution is 5.92. The van der Waals surface area contributed by atoms with Crippen LogP contribution in [0.3, 0.4) is 0 Å². The van der Waals surface area contributed by atoms with Gasteiger partial charge < -0.3 is 10.2 Å². The number of hydrogen-bond acceptors (Lipinski definition) is 4. The number of benzene rings is 1. The average molecular weight is 299 g/mol. The summed E-state index contributed by atoms with van der Waals surface area (Å²) in [5.74, 6) is -0.0309. The Bertz CT molecular complexity index is 666. The van der Waals surface area contributed by atoms with Crippen LogP contribution in [0.15, 0.2) is 30.5 Å². The van der Waals surface area contributed by atoms with Crippen molar-refractivity contribution in [1.29, 1.82) is 0 Å². The van der Waals surface area contributed by atoms with Crippen molar-refractivity contribution in [2.45, 2.75) is 25.8 Å². The molecule has 0 saturated carbocycles. The molecule has 2 heterocycles. The molecular weight excluding hydrogens is 278 g/mol. The molecule has 6 heteroatoms. The number of carbonyl (C=O) groups is 1. The zero-order valence-electron chi connectivity index (χ0n) is 13.0. The van der Waals surface area contributed by atoms with Crippen LogP contribution in [0.1, 0.15) is 28.9 Å². The van der Waals surface area contributed by atoms with Gasteiger partial charge in [0.2, 0.25) is 0 Å². The summed E-state index contributed by atoms with van der Waals surface area (Å²) >= 11 is 0. The Labute approximate surface area is 130 Å². The fourth-order valence-electron chi connectivity index (χ4n) is 2.96. The molecule has 1 saturated heterocycles. The van der Waals surface area contributed by atoms with Crippen molar-refractivity contribution in [2.75, 3.05) is 20.1 Å². The van der Waals surface area contributed by atoms with Gasteiger partial charge in [-0.15, -0.1) is 5.10 Å². The van der Waals surface area contributed by atoms with Gasteiger partial charge in [-0.2, -0.15) is 0 Å². The zero-order chi connectivity index (χ0) is 15.5. The Morgan fingerprint density at radius 2 is 2.32 bits per heavy atom. The smallest absolute Gasteiger partial charge is 0.276 e. The van der Waals surface area contributed by atoms with Gasteiger partial charge in [0.1, 0.15) is 0 Å². The highest BCUT2D eigenvalue weighted by Gasteiger charge is 2.30. The molecule has 22 heavy (non-hydrogen) atoms. The lowest BCUT2D eigenvalue weighted by molar-refractivity contribution is 0.0731. The molecular formula is C16H21N5O. The van der Waals surface area contributed by atoms with Crippen LogP contribution in [0.5, 0.6) is 0 Å². The zero-order valence-corrected chi connectivity index (χ0v) is 13.0. The summed E-state index contributed by atoms with van der Waals surface area (Å²) in [7, 11) is 1.91. The number of likely N-dealkylation sites (N-methyl/N-ethyl adjacent to an activating group) is 1. The van der Waals surface area contributed by atoms with Crippen molar-refractivity contribution < 1.29 is 4.79 Å². The third kappa shape index (κ3) is 2.87. The molecule has 1 atom stereocenters. The number of hydrogen-bond donors (Lipinski definition) is 1. The number of nitrogens with zero attached hydrogens (tertiary/aromatic N) is 4. The molecule has 2 aromatic rings. The van der Waals surface area contributed by atoms with Crippen molar-refractivity contribution in [3.8, 4) is 5.69 Å². The molecule has 0 unspecified atom stereocenters. The predicted octanol–water partition coefficient (Wildman–Crippen LogP) is 1.40. The summed E-state index contributed by atoms with van der Waals surface area (Å²) in [4.78, 5) is 14.5. The van der Waals surface area contributed by atoms with E-state index in [0.717, 1.165) is 37.2 Å². The van der Waals surface area contributed by atoms with E-state index < -0.39 is 0 Å². The van der Waals surface area contributed by atoms with E-state index in [-0.39, 0.29) is 11.9 Å². The van der Waals surface area contributed by atoms with Crippen LogP contribution in [0.25, 0.3) is 5.69 Å². The molecule has 0 spiro atoms. The van der Waals surface area contributed by atoms with Crippen LogP contribution < -0.4 is 5.32 Å². The Balaban J connectivity index is 1.80. The summed E-state index contributed by atoms with van der Waals surface area (Å²) in [5.41, 5.74) is 2.47. The van der Waals surface area contributed by atoms with E-state index in [1.165, 1.54) is 0 Å². The summed E-state index contributed by atoms with van der Waals surface area (Å²) in [6.07, 6.45) is 3.80. The van der Waals surface area contributed by atoms with E-state index in [1.807, 2.05) is 43.1 Å². The first-order valence-corrected chi connectivity index (χ1v) is 7.64. The van der Waals surface area contributed by atoms with Gasteiger partial charge in [0.05, 0.1) is 11.9 Å². The van der Waals surface area contributed by atoms with Gasteiger partial charge in [0.25, 0.3) is 5.91 Å². The Hall–Kier alpha value is -2.21. The molecule has 1 aromatic carbocycles. The van der Waals surface area contributed by atoms with Gasteiger partial charge in [-0.3, -0.25) is 4.79 Å². The Morgan fingerprint density at radius 1 is 1.45 bits per heavy atom. The fourth-order valence-corrected chi connectivity index (χ4v) is 2.96. The van der Waals surface area contributed by atoms with E-state index in [9.17, 15) is 4.79 Å². The van der Waals surface area contributed by atoms with E-state index in [4.69, 9.17) is 0 Å². The number of rotatable bonds is 4. The molecule has 3 rings (SSSR count). The second-order valence-corrected chi connectivity index (χ2v) is 5.74. The van der Waals surface area contributed by atoms with Crippen LogP contribution in [0.2, 0.25) is 0 Å². The van der Waals surface area contributed by atoms with Crippen molar-refractivity contribution in [1.82, 2.24) is 25.2 Å². The molecule has 0 aliphatic carbocycles. The summed E-state index contributed by atoms with van der Waals surface area (Å²) in [6, 6.07) is 8.22. The van der Waals surface area contributed by atoms with Gasteiger partial charge in [-0.25, -0.2) is 4.68 Å². The topological polar surface area (TPSA) is 63.1 Å². The number of aromatic nitrogens is 3. The van der Waals surface area contributed by atoms with Crippen LogP contribution in [0.4, 0.5) is 0 Å². The van der Waals surface area contributed by atoms with E-state index >= 15 is 0 Å². The second kappa shape index (κ2) is 6.27. The normalized spacial score (nSPS) is 17.9. The lowest BCUT2D eigenvalue weighted by atomic mass is 10.2. The standard InChI is InChI=1S/C16H21N5O/c1-12-5-3-6-13(9-12)21-11-15(18-19-21)16(22)20-8-4-7-14(20)10-17-2/h3,5-6,9,11,14,17H,4,7-8,10H2,1-2H3/t14-/m1/s1. The van der Waals surface area contributed by atoms with Crippen LogP contribution in [0, 0.1) is 6.92 Å². The van der Waals surface area contributed by atoms with Crippen LogP contribution in [-0.2, 0) is 0 Å². The van der Waals surface area contributed by atoms with Gasteiger partial charge >= 0.3 is 0 Å². The van der Waals surface area contributed by atoms with Gasteiger partial charge in [-0.05, 0) is 44.5 Å². The lowest BCUT2D eigenvalue weighted by Gasteiger charge is -2.23. The molecule has 0 bridgehead atoms. The predicted molar refractivity (Wildman–Crippen MR) is 84.1 cm³/mol. The van der Waals surface area contributed by atoms with Crippen molar-refractivity contribution in [2.24, 2.45) is 0 Å². The molecule has 1 fully saturated rings. The maximum absolute atomic E-state index is 12.6. The molecule has 1 aliphatic heterocycles. The summed E-state index contributed by atoms with van der Waals surface area (Å²) in [6.45, 7) is 3.64. The molecule has 0 radical (unpaired) electrons. The third-order valence-electron chi connectivity index (χ3n) is 4.06. The summed E-state index contributed by atoms with van der Waals surface area (Å²) in [5, 5.41) is 11.3. The minimum absolute atomic E-state index is 0.0309. The first-order chi connectivity index (χ1) is 10.7. The molecule has 6 nitrogen and oxygen atoms in total. The number of nitrogens with one attached hydrogen (secondary N) is 1. The molecule has 1 aromatic heterocycles. The maximum atomic E-state index is 12.6. The first kappa shape index (κ1) is 14.7.